The van der Waals surface area contributed by atoms with Crippen molar-refractivity contribution >= 4 is 23.1 Å². The van der Waals surface area contributed by atoms with Gasteiger partial charge in [0.2, 0.25) is 11.7 Å². The molecule has 2 rings (SSSR count). The number of nitro groups is 1. The molecule has 0 aliphatic rings. The van der Waals surface area contributed by atoms with Crippen LogP contribution >= 0.6 is 0 Å². The molecule has 0 unspecified atom stereocenters. The number of amides is 1. The van der Waals surface area contributed by atoms with E-state index in [0.717, 1.165) is 12.1 Å². The Bertz CT molecular complexity index is 724. The van der Waals surface area contributed by atoms with Crippen molar-refractivity contribution < 1.29 is 18.5 Å². The summed E-state index contributed by atoms with van der Waals surface area (Å²) in [6.45, 7) is -0.323. The van der Waals surface area contributed by atoms with Crippen molar-refractivity contribution in [2.24, 2.45) is 0 Å². The minimum atomic E-state index is -1.09. The van der Waals surface area contributed by atoms with Gasteiger partial charge in [-0.2, -0.15) is 0 Å². The molecule has 1 aromatic carbocycles. The summed E-state index contributed by atoms with van der Waals surface area (Å²) in [6, 6.07) is 5.53. The summed E-state index contributed by atoms with van der Waals surface area (Å²) < 4.78 is 25.7. The number of nitrogens with zero attached hydrogens (tertiary/aromatic N) is 2. The van der Waals surface area contributed by atoms with Gasteiger partial charge in [-0.05, 0) is 18.2 Å². The van der Waals surface area contributed by atoms with E-state index in [1.165, 1.54) is 24.4 Å². The number of hydrogen-bond acceptors (Lipinski definition) is 5. The van der Waals surface area contributed by atoms with Crippen molar-refractivity contribution in [2.45, 2.75) is 0 Å². The summed E-state index contributed by atoms with van der Waals surface area (Å²) in [5.74, 6) is -2.77. The molecule has 0 aliphatic heterocycles. The number of benzene rings is 1. The van der Waals surface area contributed by atoms with E-state index in [-0.39, 0.29) is 23.7 Å². The quantitative estimate of drug-likeness (QED) is 0.652. The van der Waals surface area contributed by atoms with Crippen LogP contribution in [0.25, 0.3) is 0 Å². The average molecular weight is 308 g/mol. The van der Waals surface area contributed by atoms with E-state index in [1.54, 1.807) is 0 Å². The molecule has 9 heteroatoms. The van der Waals surface area contributed by atoms with E-state index in [4.69, 9.17) is 0 Å². The van der Waals surface area contributed by atoms with Crippen LogP contribution in [0, 0.1) is 21.7 Å². The molecule has 7 nitrogen and oxygen atoms in total. The number of carbonyl (C=O) groups is 1. The molecule has 1 heterocycles. The number of hydrogen-bond donors (Lipinski definition) is 2. The first-order valence-corrected chi connectivity index (χ1v) is 6.05. The number of halogens is 2. The molecular weight excluding hydrogens is 298 g/mol. The van der Waals surface area contributed by atoms with Crippen LogP contribution in [0.15, 0.2) is 36.5 Å². The SMILES string of the molecule is O=C(CNc1ncccc1[N+](=O)[O-])Nc1ccc(F)c(F)c1. The van der Waals surface area contributed by atoms with Gasteiger partial charge in [-0.25, -0.2) is 13.8 Å². The van der Waals surface area contributed by atoms with Gasteiger partial charge in [-0.15, -0.1) is 0 Å². The number of anilines is 2. The molecule has 22 heavy (non-hydrogen) atoms. The van der Waals surface area contributed by atoms with Gasteiger partial charge in [0.15, 0.2) is 11.6 Å². The maximum Gasteiger partial charge on any atom is 0.311 e. The van der Waals surface area contributed by atoms with Gasteiger partial charge in [-0.1, -0.05) is 0 Å². The minimum absolute atomic E-state index is 0.0621. The fraction of sp³-hybridized carbons (Fsp3) is 0.0769. The zero-order chi connectivity index (χ0) is 16.1. The molecule has 2 aromatic rings. The lowest BCUT2D eigenvalue weighted by atomic mass is 10.3. The molecule has 0 bridgehead atoms. The first-order valence-electron chi connectivity index (χ1n) is 6.05. The maximum absolute atomic E-state index is 13.0. The lowest BCUT2D eigenvalue weighted by Gasteiger charge is -2.07. The fourth-order valence-corrected chi connectivity index (χ4v) is 1.62. The van der Waals surface area contributed by atoms with Crippen molar-refractivity contribution in [3.8, 4) is 0 Å². The molecule has 1 amide bonds. The molecule has 114 valence electrons. The van der Waals surface area contributed by atoms with Crippen LogP contribution in [-0.2, 0) is 4.79 Å². The first kappa shape index (κ1) is 15.3. The molecule has 0 aliphatic carbocycles. The van der Waals surface area contributed by atoms with Crippen LogP contribution in [-0.4, -0.2) is 22.4 Å². The van der Waals surface area contributed by atoms with E-state index in [9.17, 15) is 23.7 Å². The Morgan fingerprint density at radius 2 is 2.05 bits per heavy atom. The third-order valence-corrected chi connectivity index (χ3v) is 2.60. The topological polar surface area (TPSA) is 97.2 Å². The van der Waals surface area contributed by atoms with Crippen molar-refractivity contribution in [2.75, 3.05) is 17.2 Å². The summed E-state index contributed by atoms with van der Waals surface area (Å²) >= 11 is 0. The summed E-state index contributed by atoms with van der Waals surface area (Å²) in [6.07, 6.45) is 1.34. The zero-order valence-corrected chi connectivity index (χ0v) is 11.0. The normalized spacial score (nSPS) is 10.1. The highest BCUT2D eigenvalue weighted by molar-refractivity contribution is 5.93. The summed E-state index contributed by atoms with van der Waals surface area (Å²) in [5, 5.41) is 15.6. The van der Waals surface area contributed by atoms with Gasteiger partial charge in [0.05, 0.1) is 11.5 Å². The van der Waals surface area contributed by atoms with Crippen molar-refractivity contribution in [1.29, 1.82) is 0 Å². The number of pyridine rings is 1. The fourth-order valence-electron chi connectivity index (χ4n) is 1.62. The number of rotatable bonds is 5. The van der Waals surface area contributed by atoms with Crippen LogP contribution in [0.4, 0.5) is 26.0 Å². The highest BCUT2D eigenvalue weighted by Gasteiger charge is 2.14. The number of aromatic nitrogens is 1. The second kappa shape index (κ2) is 6.57. The Labute approximate surface area is 123 Å². The molecule has 0 saturated carbocycles. The molecule has 0 saturated heterocycles. The van der Waals surface area contributed by atoms with Crippen LogP contribution in [0.1, 0.15) is 0 Å². The van der Waals surface area contributed by atoms with Crippen LogP contribution in [0.2, 0.25) is 0 Å². The van der Waals surface area contributed by atoms with E-state index >= 15 is 0 Å². The third kappa shape index (κ3) is 3.72. The van der Waals surface area contributed by atoms with Gasteiger partial charge in [0.25, 0.3) is 0 Å². The Hall–Kier alpha value is -3.10. The largest absolute Gasteiger partial charge is 0.355 e. The van der Waals surface area contributed by atoms with Gasteiger partial charge in [0.1, 0.15) is 0 Å². The van der Waals surface area contributed by atoms with E-state index in [2.05, 4.69) is 15.6 Å². The molecule has 0 spiro atoms. The summed E-state index contributed by atoms with van der Waals surface area (Å²) in [5.41, 5.74) is -0.204. The van der Waals surface area contributed by atoms with Crippen molar-refractivity contribution in [3.05, 3.63) is 58.3 Å². The summed E-state index contributed by atoms with van der Waals surface area (Å²) in [7, 11) is 0. The number of carbonyl (C=O) groups excluding carboxylic acids is 1. The van der Waals surface area contributed by atoms with Crippen molar-refractivity contribution in [1.82, 2.24) is 4.98 Å². The second-order valence-corrected chi connectivity index (χ2v) is 4.16. The smallest absolute Gasteiger partial charge is 0.311 e. The highest BCUT2D eigenvalue weighted by atomic mass is 19.2. The molecule has 0 atom stereocenters. The predicted octanol–water partition coefficient (Wildman–Crippen LogP) is 2.32. The first-order chi connectivity index (χ1) is 10.5. The minimum Gasteiger partial charge on any atom is -0.355 e. The monoisotopic (exact) mass is 308 g/mol. The lowest BCUT2D eigenvalue weighted by molar-refractivity contribution is -0.384. The van der Waals surface area contributed by atoms with Crippen molar-refractivity contribution in [3.63, 3.8) is 0 Å². The lowest BCUT2D eigenvalue weighted by Crippen LogP contribution is -2.22. The van der Waals surface area contributed by atoms with Crippen LogP contribution in [0.5, 0.6) is 0 Å². The van der Waals surface area contributed by atoms with E-state index in [1.807, 2.05) is 0 Å². The van der Waals surface area contributed by atoms with E-state index < -0.39 is 22.5 Å². The predicted molar refractivity (Wildman–Crippen MR) is 74.4 cm³/mol. The number of nitrogens with one attached hydrogen (secondary N) is 2. The Kier molecular flexibility index (Phi) is 4.57. The van der Waals surface area contributed by atoms with Gasteiger partial charge in [-0.3, -0.25) is 14.9 Å². The highest BCUT2D eigenvalue weighted by Crippen LogP contribution is 2.20. The van der Waals surface area contributed by atoms with Crippen LogP contribution < -0.4 is 10.6 Å². The maximum atomic E-state index is 13.0. The second-order valence-electron chi connectivity index (χ2n) is 4.16. The Morgan fingerprint density at radius 3 is 2.73 bits per heavy atom. The van der Waals surface area contributed by atoms with Gasteiger partial charge in [0, 0.05) is 24.0 Å². The molecule has 0 radical (unpaired) electrons. The Morgan fingerprint density at radius 1 is 1.27 bits per heavy atom. The Balaban J connectivity index is 1.98. The van der Waals surface area contributed by atoms with Gasteiger partial charge < -0.3 is 10.6 Å². The zero-order valence-electron chi connectivity index (χ0n) is 11.0. The summed E-state index contributed by atoms with van der Waals surface area (Å²) in [4.78, 5) is 25.6. The standard InChI is InChI=1S/C13H10F2N4O3/c14-9-4-3-8(6-10(9)15)18-12(20)7-17-13-11(19(21)22)2-1-5-16-13/h1-6H,7H2,(H,16,17)(H,18,20). The van der Waals surface area contributed by atoms with Crippen LogP contribution in [0.3, 0.4) is 0 Å². The molecular formula is C13H10F2N4O3. The van der Waals surface area contributed by atoms with Gasteiger partial charge >= 0.3 is 5.69 Å². The molecule has 2 N–H and O–H groups in total. The third-order valence-electron chi connectivity index (χ3n) is 2.60. The molecule has 1 aromatic heterocycles. The van der Waals surface area contributed by atoms with E-state index in [0.29, 0.717) is 0 Å². The molecule has 0 fully saturated rings. The average Bonchev–Trinajstić information content (AvgIpc) is 2.49.